The molecule has 7 heteroatoms. The summed E-state index contributed by atoms with van der Waals surface area (Å²) in [5, 5.41) is 0. The molecule has 1 atom stereocenters. The molecule has 0 aromatic heterocycles. The van der Waals surface area contributed by atoms with Crippen molar-refractivity contribution in [3.8, 4) is 0 Å². The Balaban J connectivity index is 1.64. The molecule has 1 aromatic carbocycles. The normalized spacial score (nSPS) is 19.6. The summed E-state index contributed by atoms with van der Waals surface area (Å²) in [6.07, 6.45) is 3.73. The Morgan fingerprint density at radius 1 is 1.12 bits per heavy atom. The summed E-state index contributed by atoms with van der Waals surface area (Å²) in [4.78, 5) is 14.5. The highest BCUT2D eigenvalue weighted by Gasteiger charge is 2.32. The minimum absolute atomic E-state index is 0.0757. The molecule has 0 saturated carbocycles. The molecule has 26 heavy (non-hydrogen) atoms. The molecule has 2 aliphatic rings. The minimum atomic E-state index is -3.51. The molecule has 6 nitrogen and oxygen atoms in total. The van der Waals surface area contributed by atoms with E-state index >= 15 is 0 Å². The molecule has 1 aliphatic heterocycles. The van der Waals surface area contributed by atoms with Gasteiger partial charge in [-0.05, 0) is 54.9 Å². The molecule has 1 fully saturated rings. The van der Waals surface area contributed by atoms with Crippen LogP contribution in [0.1, 0.15) is 37.8 Å². The van der Waals surface area contributed by atoms with Crippen LogP contribution in [0.4, 0.5) is 0 Å². The molecule has 1 aliphatic carbocycles. The number of hydrogen-bond acceptors (Lipinski definition) is 4. The van der Waals surface area contributed by atoms with Gasteiger partial charge in [-0.2, -0.15) is 4.31 Å². The zero-order valence-electron chi connectivity index (χ0n) is 15.6. The first-order valence-corrected chi connectivity index (χ1v) is 10.9. The van der Waals surface area contributed by atoms with Crippen LogP contribution < -0.4 is 5.73 Å². The van der Waals surface area contributed by atoms with E-state index < -0.39 is 16.1 Å². The van der Waals surface area contributed by atoms with Crippen LogP contribution in [0.15, 0.2) is 23.1 Å². The summed E-state index contributed by atoms with van der Waals surface area (Å²) in [6.45, 7) is 5.51. The molecular formula is C19H29N3O3S. The highest BCUT2D eigenvalue weighted by Crippen LogP contribution is 2.26. The summed E-state index contributed by atoms with van der Waals surface area (Å²) in [5.74, 6) is 0.281. The molecule has 1 saturated heterocycles. The predicted molar refractivity (Wildman–Crippen MR) is 101 cm³/mol. The van der Waals surface area contributed by atoms with Gasteiger partial charge in [-0.3, -0.25) is 4.79 Å². The first kappa shape index (κ1) is 19.3. The van der Waals surface area contributed by atoms with Gasteiger partial charge in [-0.15, -0.1) is 0 Å². The lowest BCUT2D eigenvalue weighted by molar-refractivity contribution is -0.134. The number of carbonyl (C=O) groups excluding carboxylic acids is 1. The minimum Gasteiger partial charge on any atom is -0.339 e. The van der Waals surface area contributed by atoms with Crippen molar-refractivity contribution in [3.63, 3.8) is 0 Å². The predicted octanol–water partition coefficient (Wildman–Crippen LogP) is 1.38. The van der Waals surface area contributed by atoms with Gasteiger partial charge < -0.3 is 10.6 Å². The summed E-state index contributed by atoms with van der Waals surface area (Å²) in [5.41, 5.74) is 8.40. The molecule has 0 spiro atoms. The molecule has 0 bridgehead atoms. The van der Waals surface area contributed by atoms with E-state index in [0.29, 0.717) is 43.4 Å². The van der Waals surface area contributed by atoms with Crippen molar-refractivity contribution in [2.75, 3.05) is 26.2 Å². The van der Waals surface area contributed by atoms with Crippen LogP contribution >= 0.6 is 0 Å². The Bertz CT molecular complexity index is 768. The van der Waals surface area contributed by atoms with E-state index in [2.05, 4.69) is 0 Å². The number of carbonyl (C=O) groups is 1. The molecule has 2 N–H and O–H groups in total. The van der Waals surface area contributed by atoms with Crippen LogP contribution in [0.2, 0.25) is 0 Å². The molecule has 0 radical (unpaired) electrons. The molecule has 3 rings (SSSR count). The Labute approximate surface area is 156 Å². The van der Waals surface area contributed by atoms with Crippen molar-refractivity contribution in [2.45, 2.75) is 50.5 Å². The SMILES string of the molecule is CC(C)C[C@H](N)C(=O)N1CCN(S(=O)(=O)c2ccc3c(c2)CCC3)CC1. The smallest absolute Gasteiger partial charge is 0.243 e. The van der Waals surface area contributed by atoms with E-state index in [1.165, 1.54) is 9.87 Å². The lowest BCUT2D eigenvalue weighted by Crippen LogP contribution is -2.54. The zero-order valence-corrected chi connectivity index (χ0v) is 16.5. The molecule has 0 unspecified atom stereocenters. The Hall–Kier alpha value is -1.44. The average molecular weight is 380 g/mol. The number of nitrogens with zero attached hydrogens (tertiary/aromatic N) is 2. The van der Waals surface area contributed by atoms with Gasteiger partial charge >= 0.3 is 0 Å². The summed E-state index contributed by atoms with van der Waals surface area (Å²) < 4.78 is 27.4. The summed E-state index contributed by atoms with van der Waals surface area (Å²) in [6, 6.07) is 4.98. The van der Waals surface area contributed by atoms with E-state index in [4.69, 9.17) is 5.73 Å². The van der Waals surface area contributed by atoms with Crippen LogP contribution in [-0.2, 0) is 27.7 Å². The maximum Gasteiger partial charge on any atom is 0.243 e. The van der Waals surface area contributed by atoms with Crippen molar-refractivity contribution in [1.82, 2.24) is 9.21 Å². The van der Waals surface area contributed by atoms with Crippen molar-refractivity contribution in [3.05, 3.63) is 29.3 Å². The third-order valence-corrected chi connectivity index (χ3v) is 7.20. The van der Waals surface area contributed by atoms with Gasteiger partial charge in [0, 0.05) is 26.2 Å². The molecule has 1 amide bonds. The highest BCUT2D eigenvalue weighted by molar-refractivity contribution is 7.89. The third-order valence-electron chi connectivity index (χ3n) is 5.30. The maximum atomic E-state index is 12.9. The fourth-order valence-corrected chi connectivity index (χ4v) is 5.32. The van der Waals surface area contributed by atoms with Gasteiger partial charge in [0.05, 0.1) is 10.9 Å². The zero-order chi connectivity index (χ0) is 18.9. The Morgan fingerprint density at radius 2 is 1.77 bits per heavy atom. The van der Waals surface area contributed by atoms with Crippen LogP contribution in [0.5, 0.6) is 0 Å². The number of nitrogens with two attached hydrogens (primary N) is 1. The van der Waals surface area contributed by atoms with Gasteiger partial charge in [0.25, 0.3) is 0 Å². The number of benzene rings is 1. The van der Waals surface area contributed by atoms with Crippen LogP contribution in [0.3, 0.4) is 0 Å². The van der Waals surface area contributed by atoms with Crippen molar-refractivity contribution in [1.29, 1.82) is 0 Å². The topological polar surface area (TPSA) is 83.7 Å². The number of amides is 1. The first-order valence-electron chi connectivity index (χ1n) is 9.45. The van der Waals surface area contributed by atoms with E-state index in [0.717, 1.165) is 24.8 Å². The standard InChI is InChI=1S/C19H29N3O3S/c1-14(2)12-18(20)19(23)21-8-10-22(11-9-21)26(24,25)17-7-6-15-4-3-5-16(15)13-17/h6-7,13-14,18H,3-5,8-12,20H2,1-2H3/t18-/m0/s1. The fraction of sp³-hybridized carbons (Fsp3) is 0.632. The lowest BCUT2D eigenvalue weighted by atomic mass is 10.0. The maximum absolute atomic E-state index is 12.9. The van der Waals surface area contributed by atoms with Crippen molar-refractivity contribution in [2.24, 2.45) is 11.7 Å². The van der Waals surface area contributed by atoms with Gasteiger partial charge in [-0.1, -0.05) is 19.9 Å². The second-order valence-corrected chi connectivity index (χ2v) is 9.69. The van der Waals surface area contributed by atoms with Gasteiger partial charge in [0.2, 0.25) is 15.9 Å². The number of piperazine rings is 1. The average Bonchev–Trinajstić information content (AvgIpc) is 3.08. The molecule has 1 heterocycles. The van der Waals surface area contributed by atoms with Crippen molar-refractivity contribution >= 4 is 15.9 Å². The lowest BCUT2D eigenvalue weighted by Gasteiger charge is -2.35. The largest absolute Gasteiger partial charge is 0.339 e. The second-order valence-electron chi connectivity index (χ2n) is 7.75. The summed E-state index contributed by atoms with van der Waals surface area (Å²) >= 11 is 0. The monoisotopic (exact) mass is 379 g/mol. The highest BCUT2D eigenvalue weighted by atomic mass is 32.2. The second kappa shape index (κ2) is 7.66. The van der Waals surface area contributed by atoms with Crippen LogP contribution in [0.25, 0.3) is 0 Å². The van der Waals surface area contributed by atoms with Gasteiger partial charge in [0.15, 0.2) is 0 Å². The third kappa shape index (κ3) is 3.94. The number of aryl methyl sites for hydroxylation is 2. The molecular weight excluding hydrogens is 350 g/mol. The number of hydrogen-bond donors (Lipinski definition) is 1. The van der Waals surface area contributed by atoms with Crippen LogP contribution in [0, 0.1) is 5.92 Å². The van der Waals surface area contributed by atoms with Crippen molar-refractivity contribution < 1.29 is 13.2 Å². The van der Waals surface area contributed by atoms with E-state index in [9.17, 15) is 13.2 Å². The number of rotatable bonds is 5. The fourth-order valence-electron chi connectivity index (χ4n) is 3.85. The Morgan fingerprint density at radius 3 is 2.42 bits per heavy atom. The number of fused-ring (bicyclic) bond motifs is 1. The number of sulfonamides is 1. The van der Waals surface area contributed by atoms with Gasteiger partial charge in [0.1, 0.15) is 0 Å². The first-order chi connectivity index (χ1) is 12.3. The van der Waals surface area contributed by atoms with Gasteiger partial charge in [-0.25, -0.2) is 8.42 Å². The van der Waals surface area contributed by atoms with E-state index in [1.807, 2.05) is 26.0 Å². The molecule has 1 aromatic rings. The van der Waals surface area contributed by atoms with E-state index in [1.54, 1.807) is 11.0 Å². The Kier molecular flexibility index (Phi) is 5.69. The van der Waals surface area contributed by atoms with Crippen LogP contribution in [-0.4, -0.2) is 55.8 Å². The molecule has 144 valence electrons. The summed E-state index contributed by atoms with van der Waals surface area (Å²) in [7, 11) is -3.51. The quantitative estimate of drug-likeness (QED) is 0.838. The van der Waals surface area contributed by atoms with E-state index in [-0.39, 0.29) is 5.91 Å².